The van der Waals surface area contributed by atoms with Crippen LogP contribution in [-0.2, 0) is 4.84 Å². The minimum atomic E-state index is -0.412. The van der Waals surface area contributed by atoms with Crippen molar-refractivity contribution in [1.82, 2.24) is 4.90 Å². The summed E-state index contributed by atoms with van der Waals surface area (Å²) in [5, 5.41) is 3.84. The molecule has 0 bridgehead atoms. The highest BCUT2D eigenvalue weighted by atomic mass is 16.7. The van der Waals surface area contributed by atoms with Gasteiger partial charge >= 0.3 is 6.09 Å². The zero-order chi connectivity index (χ0) is 12.7. The van der Waals surface area contributed by atoms with E-state index in [1.165, 1.54) is 0 Å². The maximum absolute atomic E-state index is 11.5. The Morgan fingerprint density at radius 1 is 1.24 bits per heavy atom. The van der Waals surface area contributed by atoms with Gasteiger partial charge in [0.05, 0.1) is 5.71 Å². The van der Waals surface area contributed by atoms with Crippen molar-refractivity contribution < 1.29 is 9.63 Å². The van der Waals surface area contributed by atoms with E-state index in [1.54, 1.807) is 4.90 Å². The Morgan fingerprint density at radius 3 is 2.35 bits per heavy atom. The van der Waals surface area contributed by atoms with E-state index in [4.69, 9.17) is 4.84 Å². The third-order valence-corrected chi connectivity index (χ3v) is 2.47. The van der Waals surface area contributed by atoms with Gasteiger partial charge in [-0.3, -0.25) is 4.84 Å². The molecular weight excluding hydrogens is 216 g/mol. The summed E-state index contributed by atoms with van der Waals surface area (Å²) in [5.41, 5.74) is 1.63. The zero-order valence-corrected chi connectivity index (χ0v) is 10.5. The van der Waals surface area contributed by atoms with Crippen LogP contribution in [0.3, 0.4) is 0 Å². The van der Waals surface area contributed by atoms with Gasteiger partial charge in [0.25, 0.3) is 0 Å². The molecule has 0 saturated carbocycles. The van der Waals surface area contributed by atoms with Gasteiger partial charge in [-0.25, -0.2) is 4.79 Å². The Hall–Kier alpha value is -1.84. The first kappa shape index (κ1) is 13.2. The molecule has 1 aromatic carbocycles. The van der Waals surface area contributed by atoms with Crippen molar-refractivity contribution in [2.45, 2.75) is 20.8 Å². The molecule has 0 saturated heterocycles. The summed E-state index contributed by atoms with van der Waals surface area (Å²) in [4.78, 5) is 18.0. The van der Waals surface area contributed by atoms with Crippen LogP contribution in [0.25, 0.3) is 0 Å². The SMILES string of the molecule is CCN(CC)C(=O)O/N=C(\C)c1ccccc1. The molecule has 4 heteroatoms. The normalized spacial score (nSPS) is 11.1. The number of carbonyl (C=O) groups excluding carboxylic acids is 1. The van der Waals surface area contributed by atoms with Gasteiger partial charge in [-0.1, -0.05) is 35.5 Å². The molecule has 4 nitrogen and oxygen atoms in total. The highest BCUT2D eigenvalue weighted by Gasteiger charge is 2.10. The van der Waals surface area contributed by atoms with Crippen LogP contribution in [0.15, 0.2) is 35.5 Å². The molecule has 1 rings (SSSR count). The zero-order valence-electron chi connectivity index (χ0n) is 10.5. The van der Waals surface area contributed by atoms with Crippen LogP contribution < -0.4 is 0 Å². The molecule has 0 unspecified atom stereocenters. The number of rotatable bonds is 4. The van der Waals surface area contributed by atoms with Gasteiger partial charge in [0.1, 0.15) is 0 Å². The van der Waals surface area contributed by atoms with Crippen molar-refractivity contribution in [3.05, 3.63) is 35.9 Å². The van der Waals surface area contributed by atoms with E-state index in [-0.39, 0.29) is 0 Å². The molecule has 0 aliphatic heterocycles. The van der Waals surface area contributed by atoms with Crippen LogP contribution >= 0.6 is 0 Å². The van der Waals surface area contributed by atoms with Crippen molar-refractivity contribution in [1.29, 1.82) is 0 Å². The Labute approximate surface area is 102 Å². The Balaban J connectivity index is 2.62. The van der Waals surface area contributed by atoms with Crippen molar-refractivity contribution in [2.24, 2.45) is 5.16 Å². The minimum absolute atomic E-state index is 0.412. The molecule has 0 N–H and O–H groups in total. The average Bonchev–Trinajstić information content (AvgIpc) is 2.38. The van der Waals surface area contributed by atoms with Gasteiger partial charge in [-0.15, -0.1) is 0 Å². The topological polar surface area (TPSA) is 41.9 Å². The number of amides is 1. The Morgan fingerprint density at radius 2 is 1.82 bits per heavy atom. The fourth-order valence-corrected chi connectivity index (χ4v) is 1.38. The summed E-state index contributed by atoms with van der Waals surface area (Å²) >= 11 is 0. The third-order valence-electron chi connectivity index (χ3n) is 2.47. The smallest absolute Gasteiger partial charge is 0.307 e. The van der Waals surface area contributed by atoms with Gasteiger partial charge in [0.15, 0.2) is 0 Å². The van der Waals surface area contributed by atoms with Gasteiger partial charge in [-0.2, -0.15) is 0 Å². The van der Waals surface area contributed by atoms with Gasteiger partial charge in [0, 0.05) is 13.1 Å². The van der Waals surface area contributed by atoms with E-state index in [0.29, 0.717) is 18.8 Å². The summed E-state index contributed by atoms with van der Waals surface area (Å²) in [6, 6.07) is 9.61. The monoisotopic (exact) mass is 234 g/mol. The quantitative estimate of drug-likeness (QED) is 0.456. The first-order valence-electron chi connectivity index (χ1n) is 5.75. The molecular formula is C13H18N2O2. The van der Waals surface area contributed by atoms with Crippen LogP contribution in [0.5, 0.6) is 0 Å². The lowest BCUT2D eigenvalue weighted by Gasteiger charge is -2.15. The molecule has 0 aliphatic carbocycles. The maximum atomic E-state index is 11.5. The molecule has 92 valence electrons. The molecule has 0 aromatic heterocycles. The lowest BCUT2D eigenvalue weighted by atomic mass is 10.1. The first-order chi connectivity index (χ1) is 8.19. The van der Waals surface area contributed by atoms with Crippen LogP contribution in [0.1, 0.15) is 26.3 Å². The largest absolute Gasteiger partial charge is 0.435 e. The minimum Gasteiger partial charge on any atom is -0.307 e. The number of nitrogens with zero attached hydrogens (tertiary/aromatic N) is 2. The van der Waals surface area contributed by atoms with Crippen molar-refractivity contribution in [3.8, 4) is 0 Å². The highest BCUT2D eigenvalue weighted by molar-refractivity contribution is 5.98. The van der Waals surface area contributed by atoms with E-state index in [0.717, 1.165) is 5.56 Å². The fourth-order valence-electron chi connectivity index (χ4n) is 1.38. The summed E-state index contributed by atoms with van der Waals surface area (Å²) in [6.45, 7) is 6.85. The third kappa shape index (κ3) is 3.90. The van der Waals surface area contributed by atoms with Crippen LogP contribution in [0, 0.1) is 0 Å². The molecule has 0 spiro atoms. The van der Waals surface area contributed by atoms with Crippen molar-refractivity contribution in [3.63, 3.8) is 0 Å². The molecule has 1 amide bonds. The molecule has 0 radical (unpaired) electrons. The predicted octanol–water partition coefficient (Wildman–Crippen LogP) is 2.89. The van der Waals surface area contributed by atoms with Gasteiger partial charge < -0.3 is 4.90 Å². The second-order valence-corrected chi connectivity index (χ2v) is 3.57. The van der Waals surface area contributed by atoms with Gasteiger partial charge in [-0.05, 0) is 26.3 Å². The number of hydrogen-bond donors (Lipinski definition) is 0. The van der Waals surface area contributed by atoms with E-state index in [1.807, 2.05) is 51.1 Å². The van der Waals surface area contributed by atoms with Crippen molar-refractivity contribution >= 4 is 11.8 Å². The van der Waals surface area contributed by atoms with E-state index < -0.39 is 6.09 Å². The van der Waals surface area contributed by atoms with Crippen LogP contribution in [0.2, 0.25) is 0 Å². The summed E-state index contributed by atoms with van der Waals surface area (Å²) in [7, 11) is 0. The lowest BCUT2D eigenvalue weighted by Crippen LogP contribution is -2.30. The highest BCUT2D eigenvalue weighted by Crippen LogP contribution is 2.02. The summed E-state index contributed by atoms with van der Waals surface area (Å²) in [5.74, 6) is 0. The molecule has 1 aromatic rings. The second-order valence-electron chi connectivity index (χ2n) is 3.57. The maximum Gasteiger partial charge on any atom is 0.435 e. The molecule has 0 fully saturated rings. The molecule has 0 heterocycles. The van der Waals surface area contributed by atoms with E-state index in [2.05, 4.69) is 5.16 Å². The molecule has 0 aliphatic rings. The average molecular weight is 234 g/mol. The van der Waals surface area contributed by atoms with Crippen molar-refractivity contribution in [2.75, 3.05) is 13.1 Å². The Kier molecular flexibility index (Phi) is 5.20. The van der Waals surface area contributed by atoms with E-state index >= 15 is 0 Å². The van der Waals surface area contributed by atoms with Crippen LogP contribution in [0.4, 0.5) is 4.79 Å². The van der Waals surface area contributed by atoms with Crippen LogP contribution in [-0.4, -0.2) is 29.8 Å². The standard InChI is InChI=1S/C13H18N2O2/c1-4-15(5-2)13(16)17-14-11(3)12-9-7-6-8-10-12/h6-10H,4-5H2,1-3H3/b14-11+. The molecule has 17 heavy (non-hydrogen) atoms. The summed E-state index contributed by atoms with van der Waals surface area (Å²) in [6.07, 6.45) is -0.412. The predicted molar refractivity (Wildman–Crippen MR) is 68.1 cm³/mol. The number of hydrogen-bond acceptors (Lipinski definition) is 3. The number of benzene rings is 1. The lowest BCUT2D eigenvalue weighted by molar-refractivity contribution is 0.109. The first-order valence-corrected chi connectivity index (χ1v) is 5.75. The summed E-state index contributed by atoms with van der Waals surface area (Å²) < 4.78 is 0. The number of carbonyl (C=O) groups is 1. The Bertz CT molecular complexity index is 384. The number of oxime groups is 1. The second kappa shape index (κ2) is 6.68. The fraction of sp³-hybridized carbons (Fsp3) is 0.385. The van der Waals surface area contributed by atoms with Gasteiger partial charge in [0.2, 0.25) is 0 Å². The molecule has 0 atom stereocenters. The van der Waals surface area contributed by atoms with E-state index in [9.17, 15) is 4.79 Å².